The largest absolute Gasteiger partial charge is 0.492 e. The van der Waals surface area contributed by atoms with Crippen molar-refractivity contribution < 1.29 is 14.3 Å². The Morgan fingerprint density at radius 2 is 2.00 bits per heavy atom. The lowest BCUT2D eigenvalue weighted by atomic mass is 10.0. The molecule has 0 radical (unpaired) electrons. The summed E-state index contributed by atoms with van der Waals surface area (Å²) >= 11 is 0. The number of nitrogens with zero attached hydrogens (tertiary/aromatic N) is 1. The second-order valence-electron chi connectivity index (χ2n) is 4.65. The van der Waals surface area contributed by atoms with Crippen LogP contribution in [0.1, 0.15) is 35.4 Å². The number of ether oxygens (including phenoxy) is 2. The maximum absolute atomic E-state index is 12.6. The van der Waals surface area contributed by atoms with Crippen LogP contribution in [0, 0.1) is 0 Å². The molecule has 0 amide bonds. The summed E-state index contributed by atoms with van der Waals surface area (Å²) in [4.78, 5) is 16.6. The Morgan fingerprint density at radius 3 is 2.67 bits per heavy atom. The third kappa shape index (κ3) is 3.89. The molecule has 4 heteroatoms. The van der Waals surface area contributed by atoms with Gasteiger partial charge in [-0.25, -0.2) is 0 Å². The minimum atomic E-state index is -0.630. The SMILES string of the molecule is CCCOc1cncc(C(=O)C(OC)c2ccccc2)c1. The van der Waals surface area contributed by atoms with Gasteiger partial charge in [-0.05, 0) is 18.1 Å². The lowest BCUT2D eigenvalue weighted by Crippen LogP contribution is -2.15. The topological polar surface area (TPSA) is 48.4 Å². The molecule has 2 aromatic rings. The van der Waals surface area contributed by atoms with E-state index in [1.165, 1.54) is 13.3 Å². The molecule has 1 heterocycles. The molecular formula is C17H19NO3. The van der Waals surface area contributed by atoms with E-state index in [1.54, 1.807) is 12.3 Å². The molecular weight excluding hydrogens is 266 g/mol. The minimum Gasteiger partial charge on any atom is -0.492 e. The van der Waals surface area contributed by atoms with Crippen molar-refractivity contribution in [2.24, 2.45) is 0 Å². The molecule has 2 rings (SSSR count). The van der Waals surface area contributed by atoms with Crippen molar-refractivity contribution in [2.75, 3.05) is 13.7 Å². The van der Waals surface area contributed by atoms with Crippen molar-refractivity contribution in [2.45, 2.75) is 19.4 Å². The molecule has 0 N–H and O–H groups in total. The monoisotopic (exact) mass is 285 g/mol. The first-order valence-corrected chi connectivity index (χ1v) is 6.96. The van der Waals surface area contributed by atoms with Gasteiger partial charge in [0.25, 0.3) is 0 Å². The van der Waals surface area contributed by atoms with Crippen molar-refractivity contribution in [1.29, 1.82) is 0 Å². The molecule has 0 aliphatic rings. The summed E-state index contributed by atoms with van der Waals surface area (Å²) in [5.74, 6) is 0.476. The average Bonchev–Trinajstić information content (AvgIpc) is 2.55. The van der Waals surface area contributed by atoms with Crippen molar-refractivity contribution in [3.63, 3.8) is 0 Å². The Morgan fingerprint density at radius 1 is 1.24 bits per heavy atom. The van der Waals surface area contributed by atoms with Gasteiger partial charge in [-0.1, -0.05) is 37.3 Å². The molecule has 1 unspecified atom stereocenters. The van der Waals surface area contributed by atoms with E-state index in [9.17, 15) is 4.79 Å². The Hall–Kier alpha value is -2.20. The van der Waals surface area contributed by atoms with Crippen LogP contribution >= 0.6 is 0 Å². The maximum Gasteiger partial charge on any atom is 0.197 e. The molecule has 110 valence electrons. The van der Waals surface area contributed by atoms with Crippen LogP contribution in [-0.4, -0.2) is 24.5 Å². The molecule has 1 aromatic carbocycles. The lowest BCUT2D eigenvalue weighted by Gasteiger charge is -2.15. The van der Waals surface area contributed by atoms with Gasteiger partial charge in [-0.3, -0.25) is 9.78 Å². The smallest absolute Gasteiger partial charge is 0.197 e. The van der Waals surface area contributed by atoms with Crippen molar-refractivity contribution >= 4 is 5.78 Å². The van der Waals surface area contributed by atoms with Crippen LogP contribution < -0.4 is 4.74 Å². The zero-order valence-electron chi connectivity index (χ0n) is 12.3. The predicted molar refractivity (Wildman–Crippen MR) is 80.5 cm³/mol. The minimum absolute atomic E-state index is 0.127. The molecule has 0 aliphatic carbocycles. The number of hydrogen-bond donors (Lipinski definition) is 0. The summed E-state index contributed by atoms with van der Waals surface area (Å²) in [7, 11) is 1.53. The highest BCUT2D eigenvalue weighted by Crippen LogP contribution is 2.23. The average molecular weight is 285 g/mol. The predicted octanol–water partition coefficient (Wildman–Crippen LogP) is 3.44. The summed E-state index contributed by atoms with van der Waals surface area (Å²) in [6.07, 6.45) is 3.42. The highest BCUT2D eigenvalue weighted by atomic mass is 16.5. The Kier molecular flexibility index (Phi) is 5.46. The number of pyridine rings is 1. The first-order valence-electron chi connectivity index (χ1n) is 6.96. The first kappa shape index (κ1) is 15.2. The van der Waals surface area contributed by atoms with Crippen LogP contribution in [0.2, 0.25) is 0 Å². The Labute approximate surface area is 124 Å². The third-order valence-electron chi connectivity index (χ3n) is 3.05. The Balaban J connectivity index is 2.21. The van der Waals surface area contributed by atoms with Gasteiger partial charge in [0.2, 0.25) is 0 Å². The molecule has 0 saturated carbocycles. The molecule has 0 saturated heterocycles. The van der Waals surface area contributed by atoms with E-state index in [1.807, 2.05) is 37.3 Å². The standard InChI is InChI=1S/C17H19NO3/c1-3-9-21-15-10-14(11-18-12-15)16(19)17(20-2)13-7-5-4-6-8-13/h4-8,10-12,17H,3,9H2,1-2H3. The van der Waals surface area contributed by atoms with Crippen molar-refractivity contribution in [3.05, 3.63) is 59.9 Å². The summed E-state index contributed by atoms with van der Waals surface area (Å²) in [5, 5.41) is 0. The van der Waals surface area contributed by atoms with Gasteiger partial charge in [0.15, 0.2) is 5.78 Å². The second kappa shape index (κ2) is 7.55. The van der Waals surface area contributed by atoms with E-state index in [4.69, 9.17) is 9.47 Å². The fraction of sp³-hybridized carbons (Fsp3) is 0.294. The van der Waals surface area contributed by atoms with Crippen molar-refractivity contribution in [1.82, 2.24) is 4.98 Å². The van der Waals surface area contributed by atoms with Gasteiger partial charge in [0.05, 0.1) is 12.8 Å². The van der Waals surface area contributed by atoms with Gasteiger partial charge in [-0.2, -0.15) is 0 Å². The molecule has 0 bridgehead atoms. The number of methoxy groups -OCH3 is 1. The van der Waals surface area contributed by atoms with Crippen LogP contribution in [0.5, 0.6) is 5.75 Å². The summed E-state index contributed by atoms with van der Waals surface area (Å²) in [6.45, 7) is 2.63. The van der Waals surface area contributed by atoms with Crippen molar-refractivity contribution in [3.8, 4) is 5.75 Å². The number of benzene rings is 1. The highest BCUT2D eigenvalue weighted by Gasteiger charge is 2.22. The van der Waals surface area contributed by atoms with Gasteiger partial charge in [-0.15, -0.1) is 0 Å². The molecule has 1 atom stereocenters. The zero-order valence-corrected chi connectivity index (χ0v) is 12.3. The van der Waals surface area contributed by atoms with E-state index in [0.717, 1.165) is 12.0 Å². The van der Waals surface area contributed by atoms with E-state index < -0.39 is 6.10 Å². The van der Waals surface area contributed by atoms with E-state index in [-0.39, 0.29) is 5.78 Å². The Bertz CT molecular complexity index is 584. The summed E-state index contributed by atoms with van der Waals surface area (Å²) < 4.78 is 10.9. The van der Waals surface area contributed by atoms with E-state index in [2.05, 4.69) is 4.98 Å². The fourth-order valence-corrected chi connectivity index (χ4v) is 2.03. The molecule has 1 aromatic heterocycles. The molecule has 0 spiro atoms. The number of carbonyl (C=O) groups excluding carboxylic acids is 1. The third-order valence-corrected chi connectivity index (χ3v) is 3.05. The van der Waals surface area contributed by atoms with Crippen LogP contribution in [0.25, 0.3) is 0 Å². The number of Topliss-reactive ketones (excluding diaryl/α,β-unsaturated/α-hetero) is 1. The number of carbonyl (C=O) groups is 1. The molecule has 4 nitrogen and oxygen atoms in total. The van der Waals surface area contributed by atoms with Crippen LogP contribution in [-0.2, 0) is 4.74 Å². The van der Waals surface area contributed by atoms with Crippen LogP contribution in [0.15, 0.2) is 48.8 Å². The molecule has 0 aliphatic heterocycles. The van der Waals surface area contributed by atoms with E-state index in [0.29, 0.717) is 17.9 Å². The fourth-order valence-electron chi connectivity index (χ4n) is 2.03. The molecule has 21 heavy (non-hydrogen) atoms. The number of rotatable bonds is 7. The van der Waals surface area contributed by atoms with E-state index >= 15 is 0 Å². The van der Waals surface area contributed by atoms with Crippen LogP contribution in [0.4, 0.5) is 0 Å². The van der Waals surface area contributed by atoms with Gasteiger partial charge < -0.3 is 9.47 Å². The van der Waals surface area contributed by atoms with Crippen LogP contribution in [0.3, 0.4) is 0 Å². The number of ketones is 1. The lowest BCUT2D eigenvalue weighted by molar-refractivity contribution is 0.0603. The first-order chi connectivity index (χ1) is 10.3. The van der Waals surface area contributed by atoms with Gasteiger partial charge in [0, 0.05) is 18.9 Å². The number of aromatic nitrogens is 1. The molecule has 0 fully saturated rings. The summed E-state index contributed by atoms with van der Waals surface area (Å²) in [5.41, 5.74) is 1.31. The quantitative estimate of drug-likeness (QED) is 0.731. The normalized spacial score (nSPS) is 11.9. The summed E-state index contributed by atoms with van der Waals surface area (Å²) in [6, 6.07) is 11.1. The van der Waals surface area contributed by atoms with Gasteiger partial charge >= 0.3 is 0 Å². The highest BCUT2D eigenvalue weighted by molar-refractivity contribution is 6.00. The number of hydrogen-bond acceptors (Lipinski definition) is 4. The zero-order chi connectivity index (χ0) is 15.1. The maximum atomic E-state index is 12.6. The second-order valence-corrected chi connectivity index (χ2v) is 4.65. The van der Waals surface area contributed by atoms with Gasteiger partial charge in [0.1, 0.15) is 11.9 Å².